The minimum absolute atomic E-state index is 0.564. The van der Waals surface area contributed by atoms with Gasteiger partial charge in [0, 0.05) is 5.56 Å². The Bertz CT molecular complexity index is 771. The molecule has 0 spiro atoms. The topological polar surface area (TPSA) is 40.9 Å². The molecule has 2 aromatic rings. The largest absolute Gasteiger partial charge is 0.269 e. The number of carbonyl (C=O) groups is 1. The summed E-state index contributed by atoms with van der Waals surface area (Å²) < 4.78 is 0. The molecule has 2 aliphatic rings. The smallest absolute Gasteiger partial charge is 0.267 e. The Morgan fingerprint density at radius 3 is 2.60 bits per heavy atom. The van der Waals surface area contributed by atoms with Gasteiger partial charge in [-0.2, -0.15) is 0 Å². The Labute approximate surface area is 117 Å². The molecule has 0 aliphatic heterocycles. The van der Waals surface area contributed by atoms with Gasteiger partial charge in [-0.3, -0.25) is 10.5 Å². The van der Waals surface area contributed by atoms with Crippen LogP contribution in [0.5, 0.6) is 0 Å². The molecule has 1 radical (unpaired) electrons. The van der Waals surface area contributed by atoms with Crippen molar-refractivity contribution >= 4 is 12.0 Å². The van der Waals surface area contributed by atoms with E-state index in [1.165, 1.54) is 27.8 Å². The molecule has 0 bridgehead atoms. The summed E-state index contributed by atoms with van der Waals surface area (Å²) in [5, 5.41) is 0. The van der Waals surface area contributed by atoms with Crippen molar-refractivity contribution in [3.05, 3.63) is 64.2 Å². The van der Waals surface area contributed by atoms with Crippen LogP contribution >= 0.6 is 0 Å². The van der Waals surface area contributed by atoms with Crippen molar-refractivity contribution in [3.63, 3.8) is 0 Å². The Morgan fingerprint density at radius 2 is 1.85 bits per heavy atom. The quantitative estimate of drug-likeness (QED) is 0.815. The van der Waals surface area contributed by atoms with Crippen molar-refractivity contribution in [3.8, 4) is 11.1 Å². The molecule has 1 amide bonds. The normalized spacial score (nSPS) is 14.6. The molecule has 0 aromatic heterocycles. The first-order valence-electron chi connectivity index (χ1n) is 6.95. The van der Waals surface area contributed by atoms with Gasteiger partial charge in [-0.05, 0) is 58.7 Å². The average Bonchev–Trinajstić information content (AvgIpc) is 2.87. The van der Waals surface area contributed by atoms with Crippen LogP contribution < -0.4 is 5.73 Å². The monoisotopic (exact) mass is 260 g/mol. The van der Waals surface area contributed by atoms with Crippen molar-refractivity contribution in [1.29, 1.82) is 0 Å². The summed E-state index contributed by atoms with van der Waals surface area (Å²) in [6, 6.07) is 10.3. The van der Waals surface area contributed by atoms with Crippen LogP contribution in [0, 0.1) is 0 Å². The molecule has 0 atom stereocenters. The number of benzene rings is 2. The average molecular weight is 260 g/mol. The molecule has 0 saturated carbocycles. The van der Waals surface area contributed by atoms with Crippen LogP contribution in [0.25, 0.3) is 17.2 Å². The molecule has 2 aromatic carbocycles. The molecule has 1 N–H and O–H groups in total. The van der Waals surface area contributed by atoms with Gasteiger partial charge in [0.1, 0.15) is 0 Å². The zero-order valence-corrected chi connectivity index (χ0v) is 11.1. The van der Waals surface area contributed by atoms with Gasteiger partial charge < -0.3 is 0 Å². The van der Waals surface area contributed by atoms with Crippen molar-refractivity contribution in [2.24, 2.45) is 0 Å². The summed E-state index contributed by atoms with van der Waals surface area (Å²) in [5.74, 6) is -0.564. The Hall–Kier alpha value is -2.35. The molecule has 0 unspecified atom stereocenters. The van der Waals surface area contributed by atoms with Crippen molar-refractivity contribution in [2.75, 3.05) is 0 Å². The Balaban J connectivity index is 1.93. The third kappa shape index (κ3) is 1.48. The summed E-state index contributed by atoms with van der Waals surface area (Å²) in [5.41, 5.74) is 15.4. The first kappa shape index (κ1) is 11.5. The number of hydrogen-bond acceptors (Lipinski definition) is 1. The second-order valence-corrected chi connectivity index (χ2v) is 5.43. The highest BCUT2D eigenvalue weighted by molar-refractivity contribution is 5.96. The highest BCUT2D eigenvalue weighted by Gasteiger charge is 2.25. The summed E-state index contributed by atoms with van der Waals surface area (Å²) in [6.07, 6.45) is 7.34. The van der Waals surface area contributed by atoms with Crippen molar-refractivity contribution in [1.82, 2.24) is 5.73 Å². The SMILES string of the molecule is [NH]C(=O)c1ccc(-c2cccc3c2C=CC3)c2c1CC2. The third-order valence-electron chi connectivity index (χ3n) is 4.41. The van der Waals surface area contributed by atoms with Gasteiger partial charge in [0.25, 0.3) is 5.91 Å². The van der Waals surface area contributed by atoms with Crippen LogP contribution in [0.1, 0.15) is 32.6 Å². The number of allylic oxidation sites excluding steroid dienone is 1. The minimum atomic E-state index is -0.564. The van der Waals surface area contributed by atoms with Crippen molar-refractivity contribution < 1.29 is 4.79 Å². The van der Waals surface area contributed by atoms with E-state index in [1.807, 2.05) is 12.1 Å². The molecule has 0 heterocycles. The van der Waals surface area contributed by atoms with Crippen LogP contribution in [-0.2, 0) is 19.3 Å². The van der Waals surface area contributed by atoms with E-state index in [4.69, 9.17) is 5.73 Å². The Kier molecular flexibility index (Phi) is 2.34. The second-order valence-electron chi connectivity index (χ2n) is 5.43. The lowest BCUT2D eigenvalue weighted by Gasteiger charge is -2.25. The fourth-order valence-corrected chi connectivity index (χ4v) is 3.33. The zero-order valence-electron chi connectivity index (χ0n) is 11.1. The molecule has 0 saturated heterocycles. The number of hydrogen-bond donors (Lipinski definition) is 0. The number of nitrogens with one attached hydrogen (secondary N) is 1. The molecule has 2 nitrogen and oxygen atoms in total. The number of amides is 1. The molecule has 97 valence electrons. The van der Waals surface area contributed by atoms with E-state index in [1.54, 1.807) is 0 Å². The molecule has 4 rings (SSSR count). The van der Waals surface area contributed by atoms with Gasteiger partial charge in [-0.15, -0.1) is 0 Å². The molecular weight excluding hydrogens is 246 g/mol. The van der Waals surface area contributed by atoms with Gasteiger partial charge >= 0.3 is 0 Å². The molecule has 2 aliphatic carbocycles. The van der Waals surface area contributed by atoms with Crippen LogP contribution in [-0.4, -0.2) is 5.91 Å². The van der Waals surface area contributed by atoms with E-state index < -0.39 is 5.91 Å². The van der Waals surface area contributed by atoms with Gasteiger partial charge in [-0.1, -0.05) is 36.4 Å². The van der Waals surface area contributed by atoms with E-state index in [-0.39, 0.29) is 0 Å². The standard InChI is InChI=1S/C18H14NO/c19-18(20)17-10-9-14(15-7-8-16(15)17)13-6-2-4-11-3-1-5-12(11)13/h1-2,4-6,9-10,19H,3,7-8H2. The molecular formula is C18H14NO. The first-order valence-corrected chi connectivity index (χ1v) is 6.95. The lowest BCUT2D eigenvalue weighted by molar-refractivity contribution is 0.0990. The zero-order chi connectivity index (χ0) is 13.7. The maximum Gasteiger partial charge on any atom is 0.269 e. The summed E-state index contributed by atoms with van der Waals surface area (Å²) in [4.78, 5) is 11.3. The van der Waals surface area contributed by atoms with Gasteiger partial charge in [0.2, 0.25) is 0 Å². The fraction of sp³-hybridized carbons (Fsp3) is 0.167. The van der Waals surface area contributed by atoms with Crippen LogP contribution in [0.15, 0.2) is 36.4 Å². The van der Waals surface area contributed by atoms with Gasteiger partial charge in [-0.25, -0.2) is 0 Å². The molecule has 2 heteroatoms. The lowest BCUT2D eigenvalue weighted by Crippen LogP contribution is -2.17. The van der Waals surface area contributed by atoms with Gasteiger partial charge in [0.05, 0.1) is 0 Å². The van der Waals surface area contributed by atoms with E-state index >= 15 is 0 Å². The van der Waals surface area contributed by atoms with E-state index in [9.17, 15) is 4.79 Å². The van der Waals surface area contributed by atoms with E-state index in [2.05, 4.69) is 30.4 Å². The number of carbonyl (C=O) groups excluding carboxylic acids is 1. The predicted octanol–water partition coefficient (Wildman–Crippen LogP) is 3.44. The summed E-state index contributed by atoms with van der Waals surface area (Å²) in [6.45, 7) is 0. The minimum Gasteiger partial charge on any atom is -0.267 e. The lowest BCUT2D eigenvalue weighted by atomic mass is 9.78. The summed E-state index contributed by atoms with van der Waals surface area (Å²) >= 11 is 0. The van der Waals surface area contributed by atoms with Gasteiger partial charge in [0.15, 0.2) is 0 Å². The highest BCUT2D eigenvalue weighted by Crippen LogP contribution is 2.39. The number of rotatable bonds is 2. The second kappa shape index (κ2) is 4.07. The van der Waals surface area contributed by atoms with Crippen LogP contribution in [0.4, 0.5) is 0 Å². The fourth-order valence-electron chi connectivity index (χ4n) is 3.33. The predicted molar refractivity (Wildman–Crippen MR) is 79.5 cm³/mol. The molecule has 0 fully saturated rings. The maximum absolute atomic E-state index is 11.3. The van der Waals surface area contributed by atoms with Crippen LogP contribution in [0.3, 0.4) is 0 Å². The van der Waals surface area contributed by atoms with E-state index in [0.717, 1.165) is 24.8 Å². The molecule has 20 heavy (non-hydrogen) atoms. The van der Waals surface area contributed by atoms with Crippen molar-refractivity contribution in [2.45, 2.75) is 19.3 Å². The summed E-state index contributed by atoms with van der Waals surface area (Å²) in [7, 11) is 0. The maximum atomic E-state index is 11.3. The Morgan fingerprint density at radius 1 is 1.00 bits per heavy atom. The number of fused-ring (bicyclic) bond motifs is 2. The first-order chi connectivity index (χ1) is 9.75. The van der Waals surface area contributed by atoms with E-state index in [0.29, 0.717) is 5.56 Å². The van der Waals surface area contributed by atoms with Crippen LogP contribution in [0.2, 0.25) is 0 Å². The third-order valence-corrected chi connectivity index (χ3v) is 4.41. The highest BCUT2D eigenvalue weighted by atomic mass is 16.1.